The van der Waals surface area contributed by atoms with Crippen LogP contribution in [0.2, 0.25) is 0 Å². The van der Waals surface area contributed by atoms with E-state index < -0.39 is 7.12 Å². The summed E-state index contributed by atoms with van der Waals surface area (Å²) in [6.45, 7) is 0. The maximum absolute atomic E-state index is 9.11. The third-order valence-corrected chi connectivity index (χ3v) is 2.33. The van der Waals surface area contributed by atoms with Gasteiger partial charge < -0.3 is 9.68 Å². The van der Waals surface area contributed by atoms with Gasteiger partial charge in [0.05, 0.1) is 0 Å². The molecule has 4 heteroatoms. The second kappa shape index (κ2) is 3.10. The van der Waals surface area contributed by atoms with Gasteiger partial charge in [0, 0.05) is 9.13 Å². The SMILES string of the molecule is OB1C=Cc2cc(I)ccc2O1. The van der Waals surface area contributed by atoms with Crippen LogP contribution in [-0.2, 0) is 0 Å². The number of halogens is 1. The van der Waals surface area contributed by atoms with Gasteiger partial charge in [-0.2, -0.15) is 0 Å². The number of fused-ring (bicyclic) bond motifs is 1. The van der Waals surface area contributed by atoms with Crippen LogP contribution >= 0.6 is 22.6 Å². The van der Waals surface area contributed by atoms with E-state index in [0.29, 0.717) is 0 Å². The average molecular weight is 272 g/mol. The van der Waals surface area contributed by atoms with Crippen LogP contribution < -0.4 is 4.65 Å². The Hall–Kier alpha value is -0.485. The second-order valence-electron chi connectivity index (χ2n) is 2.55. The van der Waals surface area contributed by atoms with E-state index in [2.05, 4.69) is 22.6 Å². The van der Waals surface area contributed by atoms with Gasteiger partial charge in [-0.15, -0.1) is 0 Å². The molecule has 0 aliphatic carbocycles. The summed E-state index contributed by atoms with van der Waals surface area (Å²) in [4.78, 5) is 0. The van der Waals surface area contributed by atoms with Crippen molar-refractivity contribution in [2.45, 2.75) is 0 Å². The van der Waals surface area contributed by atoms with E-state index in [0.717, 1.165) is 14.9 Å². The van der Waals surface area contributed by atoms with E-state index in [-0.39, 0.29) is 0 Å². The highest BCUT2D eigenvalue weighted by atomic mass is 127. The van der Waals surface area contributed by atoms with Crippen molar-refractivity contribution in [2.75, 3.05) is 0 Å². The molecule has 0 bridgehead atoms. The largest absolute Gasteiger partial charge is 0.552 e. The lowest BCUT2D eigenvalue weighted by atomic mass is 9.86. The lowest BCUT2D eigenvalue weighted by molar-refractivity contribution is 0.428. The first-order valence-corrected chi connectivity index (χ1v) is 4.66. The topological polar surface area (TPSA) is 29.5 Å². The molecule has 0 radical (unpaired) electrons. The summed E-state index contributed by atoms with van der Waals surface area (Å²) in [6, 6.07) is 5.83. The van der Waals surface area contributed by atoms with Crippen LogP contribution in [0.15, 0.2) is 24.2 Å². The first-order chi connectivity index (χ1) is 5.75. The normalized spacial score (nSPS) is 14.0. The summed E-state index contributed by atoms with van der Waals surface area (Å²) in [6.07, 6.45) is 1.87. The Bertz CT molecular complexity index is 338. The van der Waals surface area contributed by atoms with E-state index >= 15 is 0 Å². The molecule has 0 amide bonds. The van der Waals surface area contributed by atoms with Crippen molar-refractivity contribution in [3.63, 3.8) is 0 Å². The molecule has 1 N–H and O–H groups in total. The van der Waals surface area contributed by atoms with Crippen LogP contribution in [0.25, 0.3) is 6.08 Å². The molecule has 0 aromatic heterocycles. The van der Waals surface area contributed by atoms with Crippen molar-refractivity contribution in [3.05, 3.63) is 33.3 Å². The molecule has 0 saturated carbocycles. The molecule has 0 fully saturated rings. The Labute approximate surface area is 84.5 Å². The van der Waals surface area contributed by atoms with Crippen LogP contribution in [0.4, 0.5) is 0 Å². The highest BCUT2D eigenvalue weighted by molar-refractivity contribution is 14.1. The fraction of sp³-hybridized carbons (Fsp3) is 0. The first kappa shape index (κ1) is 8.13. The molecule has 2 nitrogen and oxygen atoms in total. The van der Waals surface area contributed by atoms with Gasteiger partial charge in [-0.05, 0) is 46.8 Å². The van der Waals surface area contributed by atoms with Gasteiger partial charge in [0.25, 0.3) is 0 Å². The van der Waals surface area contributed by atoms with Crippen LogP contribution in [0, 0.1) is 3.57 Å². The highest BCUT2D eigenvalue weighted by Gasteiger charge is 2.17. The van der Waals surface area contributed by atoms with Gasteiger partial charge in [-0.1, -0.05) is 6.08 Å². The summed E-state index contributed by atoms with van der Waals surface area (Å²) in [5, 5.41) is 9.11. The lowest BCUT2D eigenvalue weighted by Crippen LogP contribution is -2.21. The lowest BCUT2D eigenvalue weighted by Gasteiger charge is -2.14. The van der Waals surface area contributed by atoms with Crippen molar-refractivity contribution in [1.82, 2.24) is 0 Å². The highest BCUT2D eigenvalue weighted by Crippen LogP contribution is 2.25. The fourth-order valence-electron chi connectivity index (χ4n) is 1.11. The van der Waals surface area contributed by atoms with Gasteiger partial charge in [0.1, 0.15) is 5.75 Å². The van der Waals surface area contributed by atoms with Crippen LogP contribution in [0.5, 0.6) is 5.75 Å². The van der Waals surface area contributed by atoms with E-state index in [1.54, 1.807) is 5.98 Å². The molecule has 12 heavy (non-hydrogen) atoms. The van der Waals surface area contributed by atoms with Crippen molar-refractivity contribution in [2.24, 2.45) is 0 Å². The smallest absolute Gasteiger partial charge is 0.532 e. The molecule has 1 aromatic carbocycles. The summed E-state index contributed by atoms with van der Waals surface area (Å²) in [5.41, 5.74) is 1.02. The molecule has 1 aliphatic rings. The Kier molecular flexibility index (Phi) is 2.10. The van der Waals surface area contributed by atoms with Crippen LogP contribution in [-0.4, -0.2) is 12.1 Å². The zero-order valence-corrected chi connectivity index (χ0v) is 8.36. The summed E-state index contributed by atoms with van der Waals surface area (Å²) < 4.78 is 6.32. The minimum Gasteiger partial charge on any atom is -0.532 e. The molecule has 1 heterocycles. The fourth-order valence-corrected chi connectivity index (χ4v) is 1.63. The molecule has 1 aliphatic heterocycles. The minimum absolute atomic E-state index is 0.741. The van der Waals surface area contributed by atoms with E-state index in [4.69, 9.17) is 9.68 Å². The van der Waals surface area contributed by atoms with Crippen LogP contribution in [0.1, 0.15) is 5.56 Å². The Balaban J connectivity index is 2.47. The van der Waals surface area contributed by atoms with Gasteiger partial charge >= 0.3 is 7.12 Å². The van der Waals surface area contributed by atoms with Crippen molar-refractivity contribution in [1.29, 1.82) is 0 Å². The quantitative estimate of drug-likeness (QED) is 0.575. The average Bonchev–Trinajstić information content (AvgIpc) is 2.05. The van der Waals surface area contributed by atoms with Gasteiger partial charge in [-0.25, -0.2) is 0 Å². The summed E-state index contributed by atoms with van der Waals surface area (Å²) >= 11 is 2.24. The first-order valence-electron chi connectivity index (χ1n) is 3.58. The van der Waals surface area contributed by atoms with E-state index in [1.165, 1.54) is 0 Å². The third-order valence-electron chi connectivity index (χ3n) is 1.66. The molecule has 0 atom stereocenters. The number of benzene rings is 1. The number of hydrogen-bond donors (Lipinski definition) is 1. The molecule has 0 unspecified atom stereocenters. The zero-order valence-electron chi connectivity index (χ0n) is 6.20. The second-order valence-corrected chi connectivity index (χ2v) is 3.80. The summed E-state index contributed by atoms with van der Waals surface area (Å²) in [7, 11) is -0.794. The van der Waals surface area contributed by atoms with Gasteiger partial charge in [0.2, 0.25) is 0 Å². The maximum Gasteiger partial charge on any atom is 0.552 e. The van der Waals surface area contributed by atoms with Crippen molar-refractivity contribution in [3.8, 4) is 5.75 Å². The Morgan fingerprint density at radius 1 is 1.42 bits per heavy atom. The molecule has 2 rings (SSSR count). The molecule has 0 spiro atoms. The van der Waals surface area contributed by atoms with E-state index in [9.17, 15) is 0 Å². The zero-order chi connectivity index (χ0) is 8.55. The number of hydrogen-bond acceptors (Lipinski definition) is 2. The Morgan fingerprint density at radius 3 is 3.08 bits per heavy atom. The predicted molar refractivity (Wildman–Crippen MR) is 56.8 cm³/mol. The van der Waals surface area contributed by atoms with E-state index in [1.807, 2.05) is 24.3 Å². The predicted octanol–water partition coefficient (Wildman–Crippen LogP) is 1.72. The Morgan fingerprint density at radius 2 is 2.25 bits per heavy atom. The van der Waals surface area contributed by atoms with Crippen LogP contribution in [0.3, 0.4) is 0 Å². The maximum atomic E-state index is 9.11. The number of rotatable bonds is 0. The van der Waals surface area contributed by atoms with Gasteiger partial charge in [0.15, 0.2) is 0 Å². The summed E-state index contributed by atoms with van der Waals surface area (Å²) in [5.74, 6) is 2.36. The minimum atomic E-state index is -0.794. The van der Waals surface area contributed by atoms with Crippen molar-refractivity contribution < 1.29 is 9.68 Å². The molecule has 60 valence electrons. The monoisotopic (exact) mass is 272 g/mol. The molecule has 0 saturated heterocycles. The molecular formula is C8H6BIO2. The molecule has 1 aromatic rings. The standard InChI is InChI=1S/C8H6BIO2/c10-7-1-2-8-6(5-7)3-4-9(11)12-8/h1-5,11H. The molecular weight excluding hydrogens is 266 g/mol. The van der Waals surface area contributed by atoms with Gasteiger partial charge in [-0.3, -0.25) is 0 Å². The van der Waals surface area contributed by atoms with Crippen molar-refractivity contribution >= 4 is 35.8 Å². The third kappa shape index (κ3) is 1.49.